The molecule has 0 radical (unpaired) electrons. The molecule has 1 saturated heterocycles. The number of nitrogens with zero attached hydrogens (tertiary/aromatic N) is 2. The van der Waals surface area contributed by atoms with Gasteiger partial charge in [0.2, 0.25) is 5.91 Å². The number of hydrogen-bond donors (Lipinski definition) is 0. The van der Waals surface area contributed by atoms with E-state index in [-0.39, 0.29) is 17.7 Å². The molecule has 27 heavy (non-hydrogen) atoms. The Morgan fingerprint density at radius 2 is 1.93 bits per heavy atom. The Hall–Kier alpha value is -1.92. The predicted molar refractivity (Wildman–Crippen MR) is 101 cm³/mol. The Bertz CT molecular complexity index is 708. The average molecular weight is 372 g/mol. The van der Waals surface area contributed by atoms with Crippen LogP contribution in [-0.2, 0) is 14.3 Å². The van der Waals surface area contributed by atoms with E-state index >= 15 is 0 Å². The summed E-state index contributed by atoms with van der Waals surface area (Å²) in [7, 11) is 1.65. The van der Waals surface area contributed by atoms with Crippen molar-refractivity contribution in [3.05, 3.63) is 35.4 Å². The molecule has 4 rings (SSSR count). The SMILES string of the molecule is COCCN1C(=O)c2ccccc2[C@H](C(=O)N2CCOCC2)C12CCCC2. The lowest BCUT2D eigenvalue weighted by Gasteiger charge is -2.51. The van der Waals surface area contributed by atoms with Crippen molar-refractivity contribution in [3.8, 4) is 0 Å². The van der Waals surface area contributed by atoms with E-state index in [4.69, 9.17) is 9.47 Å². The van der Waals surface area contributed by atoms with Gasteiger partial charge < -0.3 is 19.3 Å². The van der Waals surface area contributed by atoms with Crippen LogP contribution in [0, 0.1) is 0 Å². The summed E-state index contributed by atoms with van der Waals surface area (Å²) in [4.78, 5) is 30.9. The molecule has 146 valence electrons. The molecule has 1 aromatic rings. The van der Waals surface area contributed by atoms with Crippen molar-refractivity contribution < 1.29 is 19.1 Å². The van der Waals surface area contributed by atoms with Gasteiger partial charge in [0.1, 0.15) is 0 Å². The van der Waals surface area contributed by atoms with Gasteiger partial charge in [-0.05, 0) is 24.5 Å². The minimum absolute atomic E-state index is 0.0376. The number of carbonyl (C=O) groups is 2. The molecule has 1 spiro atoms. The van der Waals surface area contributed by atoms with Gasteiger partial charge in [0, 0.05) is 32.3 Å². The lowest BCUT2D eigenvalue weighted by Crippen LogP contribution is -2.62. The van der Waals surface area contributed by atoms with Gasteiger partial charge in [-0.2, -0.15) is 0 Å². The van der Waals surface area contributed by atoms with Crippen molar-refractivity contribution in [2.75, 3.05) is 46.6 Å². The van der Waals surface area contributed by atoms with Crippen LogP contribution in [0.15, 0.2) is 24.3 Å². The van der Waals surface area contributed by atoms with Crippen molar-refractivity contribution in [2.24, 2.45) is 0 Å². The summed E-state index contributed by atoms with van der Waals surface area (Å²) in [5, 5.41) is 0. The lowest BCUT2D eigenvalue weighted by atomic mass is 9.70. The number of ether oxygens (including phenoxy) is 2. The molecule has 1 saturated carbocycles. The van der Waals surface area contributed by atoms with Crippen molar-refractivity contribution in [1.29, 1.82) is 0 Å². The summed E-state index contributed by atoms with van der Waals surface area (Å²) in [5.41, 5.74) is 1.13. The fourth-order valence-corrected chi connectivity index (χ4v) is 5.12. The van der Waals surface area contributed by atoms with Gasteiger partial charge in [0.15, 0.2) is 0 Å². The maximum Gasteiger partial charge on any atom is 0.254 e. The second-order valence-electron chi connectivity index (χ2n) is 7.72. The molecule has 0 aromatic heterocycles. The number of benzene rings is 1. The van der Waals surface area contributed by atoms with E-state index < -0.39 is 5.54 Å². The molecule has 6 heteroatoms. The summed E-state index contributed by atoms with van der Waals surface area (Å²) in [6, 6.07) is 7.66. The number of hydrogen-bond acceptors (Lipinski definition) is 4. The van der Waals surface area contributed by atoms with Crippen molar-refractivity contribution in [3.63, 3.8) is 0 Å². The first-order valence-corrected chi connectivity index (χ1v) is 9.95. The first-order chi connectivity index (χ1) is 13.2. The quantitative estimate of drug-likeness (QED) is 0.812. The Morgan fingerprint density at radius 1 is 1.22 bits per heavy atom. The van der Waals surface area contributed by atoms with E-state index in [0.717, 1.165) is 31.2 Å². The molecule has 1 aliphatic carbocycles. The van der Waals surface area contributed by atoms with Crippen LogP contribution < -0.4 is 0 Å². The van der Waals surface area contributed by atoms with E-state index in [9.17, 15) is 9.59 Å². The molecular weight excluding hydrogens is 344 g/mol. The number of methoxy groups -OCH3 is 1. The molecule has 2 aliphatic heterocycles. The van der Waals surface area contributed by atoms with E-state index in [1.165, 1.54) is 0 Å². The van der Waals surface area contributed by atoms with Crippen LogP contribution >= 0.6 is 0 Å². The zero-order valence-corrected chi connectivity index (χ0v) is 16.0. The molecule has 2 fully saturated rings. The molecular formula is C21H28N2O4. The van der Waals surface area contributed by atoms with Gasteiger partial charge in [0.05, 0.1) is 31.3 Å². The zero-order chi connectivity index (χ0) is 18.9. The van der Waals surface area contributed by atoms with E-state index in [1.54, 1.807) is 7.11 Å². The summed E-state index contributed by atoms with van der Waals surface area (Å²) < 4.78 is 10.7. The number of amides is 2. The summed E-state index contributed by atoms with van der Waals surface area (Å²) >= 11 is 0. The average Bonchev–Trinajstić information content (AvgIpc) is 3.18. The Kier molecular flexibility index (Phi) is 5.19. The van der Waals surface area contributed by atoms with E-state index in [1.807, 2.05) is 34.1 Å². The fraction of sp³-hybridized carbons (Fsp3) is 0.619. The highest BCUT2D eigenvalue weighted by Crippen LogP contribution is 2.50. The zero-order valence-electron chi connectivity index (χ0n) is 16.0. The van der Waals surface area contributed by atoms with Crippen LogP contribution in [0.4, 0.5) is 0 Å². The number of carbonyl (C=O) groups excluding carboxylic acids is 2. The first kappa shape index (κ1) is 18.4. The molecule has 0 unspecified atom stereocenters. The normalized spacial score (nSPS) is 24.3. The standard InChI is InChI=1S/C21H28N2O4/c1-26-13-12-23-19(24)17-7-3-2-6-16(17)18(21(23)8-4-5-9-21)20(25)22-10-14-27-15-11-22/h2-3,6-7,18H,4-5,8-15H2,1H3/t18-/m1/s1. The number of fused-ring (bicyclic) bond motifs is 1. The second kappa shape index (κ2) is 7.60. The third-order valence-electron chi connectivity index (χ3n) is 6.38. The molecule has 6 nitrogen and oxygen atoms in total. The maximum atomic E-state index is 13.7. The van der Waals surface area contributed by atoms with Crippen LogP contribution in [0.2, 0.25) is 0 Å². The first-order valence-electron chi connectivity index (χ1n) is 9.95. The smallest absolute Gasteiger partial charge is 0.254 e. The van der Waals surface area contributed by atoms with Gasteiger partial charge in [-0.25, -0.2) is 0 Å². The molecule has 3 aliphatic rings. The molecule has 2 amide bonds. The van der Waals surface area contributed by atoms with Crippen molar-refractivity contribution in [1.82, 2.24) is 9.80 Å². The molecule has 0 N–H and O–H groups in total. The van der Waals surface area contributed by atoms with Gasteiger partial charge in [-0.3, -0.25) is 9.59 Å². The summed E-state index contributed by atoms with van der Waals surface area (Å²) in [6.45, 7) is 3.42. The highest BCUT2D eigenvalue weighted by atomic mass is 16.5. The van der Waals surface area contributed by atoms with Gasteiger partial charge >= 0.3 is 0 Å². The third kappa shape index (κ3) is 3.05. The number of morpholine rings is 1. The van der Waals surface area contributed by atoms with Crippen molar-refractivity contribution >= 4 is 11.8 Å². The highest BCUT2D eigenvalue weighted by Gasteiger charge is 2.56. The number of rotatable bonds is 4. The van der Waals surface area contributed by atoms with Gasteiger partial charge in [-0.15, -0.1) is 0 Å². The Balaban J connectivity index is 1.80. The van der Waals surface area contributed by atoms with Crippen LogP contribution in [0.5, 0.6) is 0 Å². The van der Waals surface area contributed by atoms with Crippen LogP contribution in [0.3, 0.4) is 0 Å². The fourth-order valence-electron chi connectivity index (χ4n) is 5.12. The largest absolute Gasteiger partial charge is 0.383 e. The molecule has 0 bridgehead atoms. The predicted octanol–water partition coefficient (Wildman–Crippen LogP) is 2.04. The van der Waals surface area contributed by atoms with E-state index in [2.05, 4.69) is 0 Å². The third-order valence-corrected chi connectivity index (χ3v) is 6.38. The minimum atomic E-state index is -0.431. The summed E-state index contributed by atoms with van der Waals surface area (Å²) in [6.07, 6.45) is 3.84. The molecule has 1 aromatic carbocycles. The Morgan fingerprint density at radius 3 is 2.63 bits per heavy atom. The monoisotopic (exact) mass is 372 g/mol. The van der Waals surface area contributed by atoms with Crippen LogP contribution in [-0.4, -0.2) is 73.7 Å². The van der Waals surface area contributed by atoms with Crippen molar-refractivity contribution in [2.45, 2.75) is 37.1 Å². The molecule has 1 atom stereocenters. The lowest BCUT2D eigenvalue weighted by molar-refractivity contribution is -0.141. The van der Waals surface area contributed by atoms with Crippen LogP contribution in [0.1, 0.15) is 47.5 Å². The van der Waals surface area contributed by atoms with Gasteiger partial charge in [0.25, 0.3) is 5.91 Å². The van der Waals surface area contributed by atoms with E-state index in [0.29, 0.717) is 45.0 Å². The van der Waals surface area contributed by atoms with Gasteiger partial charge in [-0.1, -0.05) is 31.0 Å². The Labute approximate surface area is 160 Å². The topological polar surface area (TPSA) is 59.1 Å². The second-order valence-corrected chi connectivity index (χ2v) is 7.72. The molecule has 2 heterocycles. The maximum absolute atomic E-state index is 13.7. The highest BCUT2D eigenvalue weighted by molar-refractivity contribution is 6.02. The van der Waals surface area contributed by atoms with Crippen LogP contribution in [0.25, 0.3) is 0 Å². The summed E-state index contributed by atoms with van der Waals surface area (Å²) in [5.74, 6) is -0.123. The minimum Gasteiger partial charge on any atom is -0.383 e.